The number of ether oxygens (including phenoxy) is 6. The van der Waals surface area contributed by atoms with Crippen LogP contribution in [-0.2, 0) is 33.2 Å². The highest BCUT2D eigenvalue weighted by Gasteiger charge is 2.47. The van der Waals surface area contributed by atoms with Crippen LogP contribution in [0, 0.1) is 0 Å². The van der Waals surface area contributed by atoms with E-state index in [0.29, 0.717) is 13.0 Å². The average molecular weight is 883 g/mol. The van der Waals surface area contributed by atoms with Crippen molar-refractivity contribution in [1.82, 2.24) is 0 Å². The Morgan fingerprint density at radius 2 is 1.05 bits per heavy atom. The summed E-state index contributed by atoms with van der Waals surface area (Å²) in [6.45, 7) is 3.37. The predicted octanol–water partition coefficient (Wildman–Crippen LogP) is 5.79. The molecule has 11 atom stereocenters. The highest BCUT2D eigenvalue weighted by molar-refractivity contribution is 5.69. The van der Waals surface area contributed by atoms with Crippen LogP contribution in [0.4, 0.5) is 0 Å². The maximum atomic E-state index is 12.9. The summed E-state index contributed by atoms with van der Waals surface area (Å²) in [5.74, 6) is -0.407. The molecule has 2 aliphatic heterocycles. The highest BCUT2D eigenvalue weighted by atomic mass is 16.7. The topological polar surface area (TPSA) is 214 Å². The molecule has 0 aliphatic carbocycles. The average Bonchev–Trinajstić information content (AvgIpc) is 3.27. The monoisotopic (exact) mass is 883 g/mol. The molecule has 2 saturated heterocycles. The van der Waals surface area contributed by atoms with Gasteiger partial charge in [0.25, 0.3) is 0 Å². The second-order valence-corrected chi connectivity index (χ2v) is 16.2. The smallest absolute Gasteiger partial charge is 0.306 e. The summed E-state index contributed by atoms with van der Waals surface area (Å²) >= 11 is 0. The highest BCUT2D eigenvalue weighted by Crippen LogP contribution is 2.26. The normalized spacial score (nSPS) is 27.8. The van der Waals surface area contributed by atoms with E-state index >= 15 is 0 Å². The summed E-state index contributed by atoms with van der Waals surface area (Å²) < 4.78 is 34.1. The molecule has 0 radical (unpaired) electrons. The Morgan fingerprint density at radius 3 is 1.66 bits per heavy atom. The van der Waals surface area contributed by atoms with E-state index in [1.165, 1.54) is 32.1 Å². The fraction of sp³-hybridized carbons (Fsp3) is 0.771. The zero-order chi connectivity index (χ0) is 45.2. The van der Waals surface area contributed by atoms with E-state index in [0.717, 1.165) is 77.0 Å². The number of allylic oxidation sites excluding steroid dienone is 10. The van der Waals surface area contributed by atoms with Crippen LogP contribution in [0.15, 0.2) is 60.8 Å². The van der Waals surface area contributed by atoms with Crippen molar-refractivity contribution in [3.63, 3.8) is 0 Å². The summed E-state index contributed by atoms with van der Waals surface area (Å²) in [5, 5.41) is 71.9. The molecular formula is C48H82O14. The molecule has 0 amide bonds. The molecule has 14 nitrogen and oxygen atoms in total. The molecule has 2 fully saturated rings. The van der Waals surface area contributed by atoms with Crippen molar-refractivity contribution in [2.24, 2.45) is 0 Å². The van der Waals surface area contributed by atoms with Crippen LogP contribution in [0.25, 0.3) is 0 Å². The maximum absolute atomic E-state index is 12.9. The lowest BCUT2D eigenvalue weighted by atomic mass is 9.98. The first-order chi connectivity index (χ1) is 30.1. The molecule has 358 valence electrons. The Morgan fingerprint density at radius 1 is 0.548 bits per heavy atom. The number of hydrogen-bond acceptors (Lipinski definition) is 14. The molecule has 2 rings (SSSR count). The van der Waals surface area contributed by atoms with Crippen LogP contribution in [0.2, 0.25) is 0 Å². The van der Waals surface area contributed by atoms with E-state index in [1.807, 2.05) is 0 Å². The van der Waals surface area contributed by atoms with Crippen LogP contribution >= 0.6 is 0 Å². The molecule has 14 heteroatoms. The van der Waals surface area contributed by atoms with E-state index in [9.17, 15) is 40.5 Å². The number of carbonyl (C=O) groups is 1. The Bertz CT molecular complexity index is 1250. The Kier molecular flexibility index (Phi) is 32.4. The first kappa shape index (κ1) is 55.8. The van der Waals surface area contributed by atoms with Gasteiger partial charge in [0.2, 0.25) is 0 Å². The fourth-order valence-corrected chi connectivity index (χ4v) is 6.93. The van der Waals surface area contributed by atoms with E-state index in [2.05, 4.69) is 74.6 Å². The quantitative estimate of drug-likeness (QED) is 0.0228. The van der Waals surface area contributed by atoms with E-state index in [-0.39, 0.29) is 19.6 Å². The Labute approximate surface area is 371 Å². The van der Waals surface area contributed by atoms with Crippen molar-refractivity contribution in [3.8, 4) is 0 Å². The lowest BCUT2D eigenvalue weighted by molar-refractivity contribution is -0.332. The van der Waals surface area contributed by atoms with Gasteiger partial charge in [-0.3, -0.25) is 4.79 Å². The summed E-state index contributed by atoms with van der Waals surface area (Å²) in [5.41, 5.74) is 0. The number of esters is 1. The van der Waals surface area contributed by atoms with Gasteiger partial charge in [-0.2, -0.15) is 0 Å². The molecule has 2 heterocycles. The minimum atomic E-state index is -1.72. The summed E-state index contributed by atoms with van der Waals surface area (Å²) in [6.07, 6.45) is 24.4. The number of aliphatic hydroxyl groups excluding tert-OH is 7. The van der Waals surface area contributed by atoms with Crippen molar-refractivity contribution in [3.05, 3.63) is 60.8 Å². The van der Waals surface area contributed by atoms with E-state index in [1.54, 1.807) is 0 Å². The molecule has 0 saturated carbocycles. The number of rotatable bonds is 35. The van der Waals surface area contributed by atoms with Gasteiger partial charge in [-0.25, -0.2) is 0 Å². The number of aliphatic hydroxyl groups is 7. The van der Waals surface area contributed by atoms with Gasteiger partial charge in [0, 0.05) is 13.0 Å². The summed E-state index contributed by atoms with van der Waals surface area (Å²) in [7, 11) is 0. The largest absolute Gasteiger partial charge is 0.457 e. The molecule has 0 aromatic rings. The Balaban J connectivity index is 1.84. The molecular weight excluding hydrogens is 801 g/mol. The summed E-state index contributed by atoms with van der Waals surface area (Å²) in [6, 6.07) is 0. The zero-order valence-electron chi connectivity index (χ0n) is 37.6. The van der Waals surface area contributed by atoms with Gasteiger partial charge in [0.1, 0.15) is 54.9 Å². The van der Waals surface area contributed by atoms with Crippen LogP contribution in [0.5, 0.6) is 0 Å². The van der Waals surface area contributed by atoms with Gasteiger partial charge in [0.05, 0.1) is 26.4 Å². The molecule has 62 heavy (non-hydrogen) atoms. The van der Waals surface area contributed by atoms with Gasteiger partial charge in [0.15, 0.2) is 12.6 Å². The third-order valence-electron chi connectivity index (χ3n) is 10.8. The number of carbonyl (C=O) groups excluding carboxylic acids is 1. The molecule has 7 N–H and O–H groups in total. The van der Waals surface area contributed by atoms with Crippen LogP contribution in [0.3, 0.4) is 0 Å². The number of hydrogen-bond donors (Lipinski definition) is 7. The lowest BCUT2D eigenvalue weighted by Crippen LogP contribution is -2.61. The second-order valence-electron chi connectivity index (χ2n) is 16.2. The minimum Gasteiger partial charge on any atom is -0.457 e. The van der Waals surface area contributed by atoms with Gasteiger partial charge in [-0.05, 0) is 70.6 Å². The molecule has 0 aromatic carbocycles. The van der Waals surface area contributed by atoms with Gasteiger partial charge in [-0.15, -0.1) is 0 Å². The van der Waals surface area contributed by atoms with E-state index < -0.39 is 86.7 Å². The molecule has 0 bridgehead atoms. The third kappa shape index (κ3) is 24.1. The van der Waals surface area contributed by atoms with Gasteiger partial charge in [-0.1, -0.05) is 120 Å². The van der Waals surface area contributed by atoms with Crippen LogP contribution < -0.4 is 0 Å². The van der Waals surface area contributed by atoms with Crippen molar-refractivity contribution in [1.29, 1.82) is 0 Å². The van der Waals surface area contributed by atoms with Gasteiger partial charge >= 0.3 is 5.97 Å². The number of unbranched alkanes of at least 4 members (excludes halogenated alkanes) is 11. The third-order valence-corrected chi connectivity index (χ3v) is 10.8. The first-order valence-electron chi connectivity index (χ1n) is 23.4. The predicted molar refractivity (Wildman–Crippen MR) is 238 cm³/mol. The SMILES string of the molecule is CC/C=C\C/C=C\C/C=C\C/C=C\CCCOCC(COC1OC(COC2OC(CO)C(O)C(O)C2O)C(O)C(O)C1O)OC(=O)CCCCCCC/C=C\CCCCCCC. The standard InChI is InChI=1S/C48H82O14/c1-3-5-7-9-11-13-15-17-19-21-23-25-27-29-31-40(50)60-37(34-57-32-30-28-26-24-22-20-18-16-14-12-10-8-6-4-2)35-58-47-46(56)44(54)42(52)39(62-47)36-59-48-45(55)43(53)41(51)38(33-49)61-48/h6,8,12,14-15,17-18,20,24,26,37-39,41-49,51-56H,3-5,7,9-11,13,16,19,21-23,25,27-36H2,1-2H3/b8-6-,14-12-,17-15-,20-18-,26-24-. The first-order valence-corrected chi connectivity index (χ1v) is 23.4. The second kappa shape index (κ2) is 36.0. The Hall–Kier alpha value is -2.31. The maximum Gasteiger partial charge on any atom is 0.306 e. The molecule has 0 aromatic heterocycles. The van der Waals surface area contributed by atoms with Crippen LogP contribution in [-0.4, -0.2) is 142 Å². The summed E-state index contributed by atoms with van der Waals surface area (Å²) in [4.78, 5) is 12.9. The van der Waals surface area contributed by atoms with Crippen molar-refractivity contribution in [2.75, 3.05) is 33.0 Å². The van der Waals surface area contributed by atoms with Crippen LogP contribution in [0.1, 0.15) is 136 Å². The van der Waals surface area contributed by atoms with Crippen molar-refractivity contribution in [2.45, 2.75) is 203 Å². The van der Waals surface area contributed by atoms with Crippen molar-refractivity contribution < 1.29 is 69.0 Å². The fourth-order valence-electron chi connectivity index (χ4n) is 6.93. The minimum absolute atomic E-state index is 0.0177. The zero-order valence-corrected chi connectivity index (χ0v) is 37.6. The molecule has 2 aliphatic rings. The van der Waals surface area contributed by atoms with Gasteiger partial charge < -0.3 is 64.2 Å². The molecule has 11 unspecified atom stereocenters. The lowest BCUT2D eigenvalue weighted by Gasteiger charge is -2.42. The molecule has 0 spiro atoms. The van der Waals surface area contributed by atoms with Crippen molar-refractivity contribution >= 4 is 5.97 Å². The van der Waals surface area contributed by atoms with E-state index in [4.69, 9.17) is 28.4 Å².